The Labute approximate surface area is 104 Å². The van der Waals surface area contributed by atoms with Gasteiger partial charge in [-0.3, -0.25) is 0 Å². The average Bonchev–Trinajstić information content (AvgIpc) is 2.34. The molecule has 0 aliphatic heterocycles. The van der Waals surface area contributed by atoms with Crippen LogP contribution in [0.5, 0.6) is 0 Å². The van der Waals surface area contributed by atoms with Gasteiger partial charge in [0.05, 0.1) is 23.7 Å². The average molecular weight is 257 g/mol. The van der Waals surface area contributed by atoms with Gasteiger partial charge < -0.3 is 5.11 Å². The molecule has 0 radical (unpaired) electrons. The highest BCUT2D eigenvalue weighted by atomic mass is 19.4. The molecule has 0 aliphatic carbocycles. The molecule has 2 unspecified atom stereocenters. The first-order chi connectivity index (χ1) is 8.40. The van der Waals surface area contributed by atoms with Crippen molar-refractivity contribution in [2.24, 2.45) is 5.92 Å². The molecule has 1 rings (SSSR count). The van der Waals surface area contributed by atoms with Gasteiger partial charge in [0, 0.05) is 0 Å². The zero-order chi connectivity index (χ0) is 13.8. The summed E-state index contributed by atoms with van der Waals surface area (Å²) in [7, 11) is 0. The lowest BCUT2D eigenvalue weighted by Gasteiger charge is -2.17. The molecule has 0 aromatic heterocycles. The molecule has 0 aliphatic rings. The molecular weight excluding hydrogens is 243 g/mol. The van der Waals surface area contributed by atoms with Gasteiger partial charge in [-0.15, -0.1) is 0 Å². The Bertz CT molecular complexity index is 437. The van der Waals surface area contributed by atoms with Crippen LogP contribution in [0.25, 0.3) is 0 Å². The van der Waals surface area contributed by atoms with Crippen molar-refractivity contribution in [2.45, 2.75) is 32.0 Å². The third-order valence-electron chi connectivity index (χ3n) is 2.70. The first kappa shape index (κ1) is 14.5. The van der Waals surface area contributed by atoms with Crippen LogP contribution in [0.1, 0.15) is 37.0 Å². The van der Waals surface area contributed by atoms with Gasteiger partial charge in [0.2, 0.25) is 0 Å². The molecule has 1 aromatic carbocycles. The van der Waals surface area contributed by atoms with E-state index in [0.717, 1.165) is 12.1 Å². The number of nitrogens with zero attached hydrogens (tertiary/aromatic N) is 1. The predicted molar refractivity (Wildman–Crippen MR) is 60.4 cm³/mol. The quantitative estimate of drug-likeness (QED) is 0.894. The summed E-state index contributed by atoms with van der Waals surface area (Å²) in [5.41, 5.74) is -0.683. The SMILES string of the molecule is CCCC(C#N)C(O)c1cccc(C(F)(F)F)c1. The van der Waals surface area contributed by atoms with Gasteiger partial charge in [-0.2, -0.15) is 18.4 Å². The van der Waals surface area contributed by atoms with Crippen LogP contribution in [0, 0.1) is 17.2 Å². The van der Waals surface area contributed by atoms with Gasteiger partial charge in [0.1, 0.15) is 0 Å². The van der Waals surface area contributed by atoms with E-state index < -0.39 is 23.8 Å². The molecule has 5 heteroatoms. The summed E-state index contributed by atoms with van der Waals surface area (Å²) in [4.78, 5) is 0. The molecule has 0 heterocycles. The lowest BCUT2D eigenvalue weighted by molar-refractivity contribution is -0.137. The summed E-state index contributed by atoms with van der Waals surface area (Å²) in [6.45, 7) is 1.85. The first-order valence-electron chi connectivity index (χ1n) is 5.65. The van der Waals surface area contributed by atoms with Crippen molar-refractivity contribution in [3.05, 3.63) is 35.4 Å². The van der Waals surface area contributed by atoms with Crippen molar-refractivity contribution in [1.29, 1.82) is 5.26 Å². The van der Waals surface area contributed by atoms with Crippen LogP contribution in [0.15, 0.2) is 24.3 Å². The Morgan fingerprint density at radius 2 is 2.06 bits per heavy atom. The van der Waals surface area contributed by atoms with Gasteiger partial charge in [-0.25, -0.2) is 0 Å². The van der Waals surface area contributed by atoms with E-state index in [4.69, 9.17) is 5.26 Å². The fourth-order valence-corrected chi connectivity index (χ4v) is 1.74. The van der Waals surface area contributed by atoms with Gasteiger partial charge in [0.25, 0.3) is 0 Å². The number of benzene rings is 1. The molecule has 1 aromatic rings. The Hall–Kier alpha value is -1.54. The normalized spacial score (nSPS) is 14.9. The summed E-state index contributed by atoms with van der Waals surface area (Å²) in [5, 5.41) is 18.8. The van der Waals surface area contributed by atoms with Crippen molar-refractivity contribution in [2.75, 3.05) is 0 Å². The summed E-state index contributed by atoms with van der Waals surface area (Å²) in [6.07, 6.45) is -4.48. The van der Waals surface area contributed by atoms with E-state index in [9.17, 15) is 18.3 Å². The minimum Gasteiger partial charge on any atom is -0.387 e. The van der Waals surface area contributed by atoms with E-state index in [1.54, 1.807) is 0 Å². The minimum atomic E-state index is -4.44. The van der Waals surface area contributed by atoms with Gasteiger partial charge in [-0.1, -0.05) is 25.5 Å². The van der Waals surface area contributed by atoms with Crippen LogP contribution in [0.4, 0.5) is 13.2 Å². The number of hydrogen-bond donors (Lipinski definition) is 1. The Balaban J connectivity index is 3.00. The molecule has 0 bridgehead atoms. The van der Waals surface area contributed by atoms with E-state index in [-0.39, 0.29) is 5.56 Å². The van der Waals surface area contributed by atoms with Crippen molar-refractivity contribution in [3.63, 3.8) is 0 Å². The molecule has 0 fully saturated rings. The molecule has 1 N–H and O–H groups in total. The van der Waals surface area contributed by atoms with Crippen molar-refractivity contribution < 1.29 is 18.3 Å². The van der Waals surface area contributed by atoms with E-state index in [1.165, 1.54) is 12.1 Å². The molecule has 2 atom stereocenters. The predicted octanol–water partition coefficient (Wildman–Crippen LogP) is 3.68. The topological polar surface area (TPSA) is 44.0 Å². The lowest BCUT2D eigenvalue weighted by Crippen LogP contribution is -2.12. The molecule has 0 saturated carbocycles. The Morgan fingerprint density at radius 3 is 2.56 bits per heavy atom. The highest BCUT2D eigenvalue weighted by Gasteiger charge is 2.31. The van der Waals surface area contributed by atoms with Gasteiger partial charge in [-0.05, 0) is 24.1 Å². The molecule has 2 nitrogen and oxygen atoms in total. The number of rotatable bonds is 4. The summed E-state index contributed by atoms with van der Waals surface area (Å²) < 4.78 is 37.5. The largest absolute Gasteiger partial charge is 0.416 e. The number of alkyl halides is 3. The highest BCUT2D eigenvalue weighted by Crippen LogP contribution is 2.32. The first-order valence-corrected chi connectivity index (χ1v) is 5.65. The zero-order valence-corrected chi connectivity index (χ0v) is 9.91. The van der Waals surface area contributed by atoms with Gasteiger partial charge in [0.15, 0.2) is 0 Å². The standard InChI is InChI=1S/C13H14F3NO/c1-2-4-10(8-17)12(18)9-5-3-6-11(7-9)13(14,15)16/h3,5-7,10,12,18H,2,4H2,1H3. The van der Waals surface area contributed by atoms with Gasteiger partial charge >= 0.3 is 6.18 Å². The fourth-order valence-electron chi connectivity index (χ4n) is 1.74. The smallest absolute Gasteiger partial charge is 0.387 e. The van der Waals surface area contributed by atoms with Crippen LogP contribution < -0.4 is 0 Å². The second kappa shape index (κ2) is 5.87. The molecular formula is C13H14F3NO. The molecule has 98 valence electrons. The van der Waals surface area contributed by atoms with Crippen molar-refractivity contribution in [1.82, 2.24) is 0 Å². The maximum Gasteiger partial charge on any atom is 0.416 e. The number of halogens is 3. The Kier molecular flexibility index (Phi) is 4.74. The molecule has 18 heavy (non-hydrogen) atoms. The van der Waals surface area contributed by atoms with Crippen LogP contribution in [-0.4, -0.2) is 5.11 Å². The second-order valence-electron chi connectivity index (χ2n) is 4.09. The third-order valence-corrected chi connectivity index (χ3v) is 2.70. The van der Waals surface area contributed by atoms with Crippen LogP contribution in [0.3, 0.4) is 0 Å². The third kappa shape index (κ3) is 3.47. The van der Waals surface area contributed by atoms with Crippen LogP contribution >= 0.6 is 0 Å². The number of hydrogen-bond acceptors (Lipinski definition) is 2. The minimum absolute atomic E-state index is 0.129. The Morgan fingerprint density at radius 1 is 1.39 bits per heavy atom. The maximum absolute atomic E-state index is 12.5. The van der Waals surface area contributed by atoms with Crippen LogP contribution in [0.2, 0.25) is 0 Å². The molecule has 0 amide bonds. The second-order valence-corrected chi connectivity index (χ2v) is 4.09. The molecule has 0 saturated heterocycles. The fraction of sp³-hybridized carbons (Fsp3) is 0.462. The van der Waals surface area contributed by atoms with E-state index in [1.807, 2.05) is 13.0 Å². The molecule has 0 spiro atoms. The summed E-state index contributed by atoms with van der Waals surface area (Å²) in [6, 6.07) is 6.40. The lowest BCUT2D eigenvalue weighted by atomic mass is 9.92. The summed E-state index contributed by atoms with van der Waals surface area (Å²) in [5.74, 6) is -0.682. The summed E-state index contributed by atoms with van der Waals surface area (Å²) >= 11 is 0. The highest BCUT2D eigenvalue weighted by molar-refractivity contribution is 5.28. The number of aliphatic hydroxyl groups excluding tert-OH is 1. The van der Waals surface area contributed by atoms with E-state index in [2.05, 4.69) is 0 Å². The number of nitriles is 1. The van der Waals surface area contributed by atoms with Crippen molar-refractivity contribution in [3.8, 4) is 6.07 Å². The van der Waals surface area contributed by atoms with Crippen molar-refractivity contribution >= 4 is 0 Å². The van der Waals surface area contributed by atoms with E-state index >= 15 is 0 Å². The number of aliphatic hydroxyl groups is 1. The maximum atomic E-state index is 12.5. The zero-order valence-electron chi connectivity index (χ0n) is 9.91. The van der Waals surface area contributed by atoms with Crippen LogP contribution in [-0.2, 0) is 6.18 Å². The monoisotopic (exact) mass is 257 g/mol. The van der Waals surface area contributed by atoms with E-state index in [0.29, 0.717) is 12.8 Å².